The number of rotatable bonds is 4. The molecular weight excluding hydrogens is 420 g/mol. The second-order valence-electron chi connectivity index (χ2n) is 5.61. The Hall–Kier alpha value is -2.89. The van der Waals surface area contributed by atoms with E-state index in [1.165, 1.54) is 25.2 Å². The van der Waals surface area contributed by atoms with Crippen molar-refractivity contribution in [2.45, 2.75) is 6.54 Å². The number of amides is 1. The van der Waals surface area contributed by atoms with Crippen molar-refractivity contribution >= 4 is 34.9 Å². The Kier molecular flexibility index (Phi) is 6.44. The molecule has 0 atom stereocenters. The fraction of sp³-hybridized carbons (Fsp3) is 0.111. The molecule has 0 heterocycles. The van der Waals surface area contributed by atoms with Crippen LogP contribution >= 0.6 is 23.2 Å². The van der Waals surface area contributed by atoms with Gasteiger partial charge in [0.05, 0.1) is 5.56 Å². The average Bonchev–Trinajstić information content (AvgIpc) is 2.63. The second-order valence-corrected chi connectivity index (χ2v) is 6.43. The van der Waals surface area contributed by atoms with E-state index >= 15 is 0 Å². The summed E-state index contributed by atoms with van der Waals surface area (Å²) in [5.74, 6) is -7.04. The van der Waals surface area contributed by atoms with E-state index in [9.17, 15) is 33.4 Å². The normalized spacial score (nSPS) is 11.6. The molecule has 28 heavy (non-hydrogen) atoms. The van der Waals surface area contributed by atoms with Crippen LogP contribution in [-0.2, 0) is 11.3 Å². The maximum atomic E-state index is 14.2. The largest absolute Gasteiger partial charge is 0.506 e. The van der Waals surface area contributed by atoms with Crippen LogP contribution < -0.4 is 0 Å². The highest BCUT2D eigenvalue weighted by Crippen LogP contribution is 2.34. The van der Waals surface area contributed by atoms with Crippen molar-refractivity contribution in [2.24, 2.45) is 0 Å². The number of aromatic hydroxyl groups is 1. The summed E-state index contributed by atoms with van der Waals surface area (Å²) in [5, 5.41) is 27.9. The van der Waals surface area contributed by atoms with E-state index in [0.29, 0.717) is 6.07 Å². The number of aliphatic hydroxyl groups excluding tert-OH is 1. The molecule has 2 rings (SSSR count). The monoisotopic (exact) mass is 430 g/mol. The fourth-order valence-corrected chi connectivity index (χ4v) is 2.65. The lowest BCUT2D eigenvalue weighted by atomic mass is 10.1. The van der Waals surface area contributed by atoms with Crippen molar-refractivity contribution in [2.75, 3.05) is 7.05 Å². The van der Waals surface area contributed by atoms with Gasteiger partial charge in [-0.2, -0.15) is 5.26 Å². The molecule has 0 aromatic heterocycles. The summed E-state index contributed by atoms with van der Waals surface area (Å²) in [6.45, 7) is -0.342. The first kappa shape index (κ1) is 21.4. The molecule has 0 saturated carbocycles. The molecule has 5 nitrogen and oxygen atoms in total. The van der Waals surface area contributed by atoms with E-state index in [4.69, 9.17) is 23.2 Å². The van der Waals surface area contributed by atoms with Crippen molar-refractivity contribution in [3.8, 4) is 11.8 Å². The van der Waals surface area contributed by atoms with Crippen LogP contribution in [-0.4, -0.2) is 28.1 Å². The zero-order valence-electron chi connectivity index (χ0n) is 14.1. The molecule has 1 amide bonds. The predicted molar refractivity (Wildman–Crippen MR) is 96.1 cm³/mol. The maximum absolute atomic E-state index is 14.2. The minimum Gasteiger partial charge on any atom is -0.506 e. The molecule has 10 heteroatoms. The summed E-state index contributed by atoms with van der Waals surface area (Å²) >= 11 is 11.2. The lowest BCUT2D eigenvalue weighted by Gasteiger charge is -2.18. The van der Waals surface area contributed by atoms with Gasteiger partial charge < -0.3 is 15.1 Å². The van der Waals surface area contributed by atoms with Crippen LogP contribution in [0.4, 0.5) is 13.2 Å². The lowest BCUT2D eigenvalue weighted by Crippen LogP contribution is -2.28. The van der Waals surface area contributed by atoms with Gasteiger partial charge in [0.25, 0.3) is 5.91 Å². The zero-order chi connectivity index (χ0) is 21.2. The van der Waals surface area contributed by atoms with Crippen molar-refractivity contribution in [3.63, 3.8) is 0 Å². The first-order valence-corrected chi connectivity index (χ1v) is 8.23. The van der Waals surface area contributed by atoms with Gasteiger partial charge in [-0.1, -0.05) is 23.2 Å². The molecule has 146 valence electrons. The number of hydrogen-bond acceptors (Lipinski definition) is 4. The Morgan fingerprint density at radius 2 is 1.86 bits per heavy atom. The number of nitrogens with zero attached hydrogens (tertiary/aromatic N) is 2. The van der Waals surface area contributed by atoms with E-state index < -0.39 is 51.0 Å². The van der Waals surface area contributed by atoms with E-state index in [0.717, 1.165) is 11.0 Å². The van der Waals surface area contributed by atoms with Gasteiger partial charge in [-0.25, -0.2) is 13.2 Å². The van der Waals surface area contributed by atoms with Crippen LogP contribution in [0.15, 0.2) is 29.8 Å². The second kappa shape index (κ2) is 8.42. The van der Waals surface area contributed by atoms with Gasteiger partial charge in [0.1, 0.15) is 28.5 Å². The first-order chi connectivity index (χ1) is 13.1. The summed E-state index contributed by atoms with van der Waals surface area (Å²) in [6.07, 6.45) is 0. The third kappa shape index (κ3) is 4.16. The van der Waals surface area contributed by atoms with Crippen LogP contribution in [0.1, 0.15) is 11.1 Å². The molecule has 0 unspecified atom stereocenters. The third-order valence-electron chi connectivity index (χ3n) is 3.70. The number of nitriles is 1. The predicted octanol–water partition coefficient (Wildman–Crippen LogP) is 4.57. The van der Waals surface area contributed by atoms with E-state index in [1.807, 2.05) is 0 Å². The molecular formula is C18H11Cl2F3N2O3. The van der Waals surface area contributed by atoms with Crippen LogP contribution in [0.5, 0.6) is 5.75 Å². The average molecular weight is 431 g/mol. The SMILES string of the molecule is CN(Cc1cc(Cl)ccc1F)C(=O)/C(C#N)=C(\O)c1c(F)cc(O)c(Cl)c1F. The molecule has 0 fully saturated rings. The number of halogens is 5. The Morgan fingerprint density at radius 3 is 2.46 bits per heavy atom. The molecule has 0 bridgehead atoms. The number of benzene rings is 2. The van der Waals surface area contributed by atoms with E-state index in [-0.39, 0.29) is 17.1 Å². The highest BCUT2D eigenvalue weighted by molar-refractivity contribution is 6.32. The zero-order valence-corrected chi connectivity index (χ0v) is 15.6. The summed E-state index contributed by atoms with van der Waals surface area (Å²) in [5.41, 5.74) is -2.15. The van der Waals surface area contributed by atoms with Crippen LogP contribution in [0.2, 0.25) is 10.0 Å². The van der Waals surface area contributed by atoms with Crippen molar-refractivity contribution in [1.82, 2.24) is 4.90 Å². The van der Waals surface area contributed by atoms with Crippen molar-refractivity contribution in [1.29, 1.82) is 5.26 Å². The summed E-state index contributed by atoms with van der Waals surface area (Å²) in [6, 6.07) is 5.42. The topological polar surface area (TPSA) is 84.6 Å². The van der Waals surface area contributed by atoms with Gasteiger partial charge in [-0.15, -0.1) is 0 Å². The smallest absolute Gasteiger partial charge is 0.268 e. The number of hydrogen-bond donors (Lipinski definition) is 2. The number of aliphatic hydroxyl groups is 1. The standard InChI is InChI=1S/C18H11Cl2F3N2O3/c1-25(7-8-4-9(19)2-3-11(8)21)18(28)10(6-24)17(27)14-12(22)5-13(26)15(20)16(14)23/h2-5,26-27H,7H2,1H3/b17-10-. The summed E-state index contributed by atoms with van der Waals surface area (Å²) < 4.78 is 42.0. The number of carbonyl (C=O) groups excluding carboxylic acids is 1. The Balaban J connectivity index is 2.46. The van der Waals surface area contributed by atoms with Gasteiger partial charge in [-0.05, 0) is 18.2 Å². The fourth-order valence-electron chi connectivity index (χ4n) is 2.31. The highest BCUT2D eigenvalue weighted by Gasteiger charge is 2.27. The quantitative estimate of drug-likeness (QED) is 0.322. The van der Waals surface area contributed by atoms with Crippen LogP contribution in [0.25, 0.3) is 5.76 Å². The lowest BCUT2D eigenvalue weighted by molar-refractivity contribution is -0.126. The Labute approximate surface area is 167 Å². The van der Waals surface area contributed by atoms with Crippen LogP contribution in [0, 0.1) is 28.8 Å². The van der Waals surface area contributed by atoms with E-state index in [1.54, 1.807) is 0 Å². The summed E-state index contributed by atoms with van der Waals surface area (Å²) in [4.78, 5) is 13.3. The van der Waals surface area contributed by atoms with Gasteiger partial charge in [0.15, 0.2) is 17.1 Å². The molecule has 2 aromatic carbocycles. The molecule has 2 aromatic rings. The first-order valence-electron chi connectivity index (χ1n) is 7.48. The van der Waals surface area contributed by atoms with Crippen molar-refractivity contribution in [3.05, 3.63) is 68.5 Å². The molecule has 0 radical (unpaired) electrons. The minimum absolute atomic E-state index is 0.0187. The van der Waals surface area contributed by atoms with Gasteiger partial charge in [-0.3, -0.25) is 4.79 Å². The molecule has 0 spiro atoms. The van der Waals surface area contributed by atoms with Gasteiger partial charge in [0.2, 0.25) is 0 Å². The molecule has 0 aliphatic rings. The van der Waals surface area contributed by atoms with Gasteiger partial charge >= 0.3 is 0 Å². The molecule has 2 N–H and O–H groups in total. The van der Waals surface area contributed by atoms with Crippen LogP contribution in [0.3, 0.4) is 0 Å². The molecule has 0 aliphatic heterocycles. The highest BCUT2D eigenvalue weighted by atomic mass is 35.5. The number of phenolic OH excluding ortho intramolecular Hbond substituents is 1. The maximum Gasteiger partial charge on any atom is 0.268 e. The Bertz CT molecular complexity index is 1040. The molecule has 0 aliphatic carbocycles. The Morgan fingerprint density at radius 1 is 1.21 bits per heavy atom. The third-order valence-corrected chi connectivity index (χ3v) is 4.30. The number of phenols is 1. The van der Waals surface area contributed by atoms with E-state index in [2.05, 4.69) is 0 Å². The molecule has 0 saturated heterocycles. The summed E-state index contributed by atoms with van der Waals surface area (Å²) in [7, 11) is 1.18. The number of carbonyl (C=O) groups is 1. The van der Waals surface area contributed by atoms with Crippen molar-refractivity contribution < 1.29 is 28.2 Å². The minimum atomic E-state index is -1.55. The number of likely N-dealkylation sites (N-methyl/N-ethyl adjacent to an activating group) is 1. The van der Waals surface area contributed by atoms with Gasteiger partial charge in [0, 0.05) is 30.2 Å².